The van der Waals surface area contributed by atoms with Gasteiger partial charge in [0.2, 0.25) is 10.0 Å². The van der Waals surface area contributed by atoms with E-state index in [-0.39, 0.29) is 10.9 Å². The molecule has 1 aliphatic heterocycles. The minimum absolute atomic E-state index is 0.0321. The topological polar surface area (TPSA) is 58.2 Å². The Balaban J connectivity index is 2.19. The molecule has 6 heteroatoms. The highest BCUT2D eigenvalue weighted by Gasteiger charge is 2.22. The van der Waals surface area contributed by atoms with Gasteiger partial charge in [-0.2, -0.15) is 0 Å². The number of aryl methyl sites for hydroxylation is 1. The van der Waals surface area contributed by atoms with Crippen molar-refractivity contribution in [3.8, 4) is 0 Å². The van der Waals surface area contributed by atoms with Crippen LogP contribution in [0, 0.1) is 12.7 Å². The van der Waals surface area contributed by atoms with Crippen molar-refractivity contribution in [2.45, 2.75) is 37.1 Å². The number of halogens is 1. The predicted molar refractivity (Wildman–Crippen MR) is 72.0 cm³/mol. The van der Waals surface area contributed by atoms with E-state index >= 15 is 0 Å². The van der Waals surface area contributed by atoms with Crippen molar-refractivity contribution in [1.29, 1.82) is 0 Å². The van der Waals surface area contributed by atoms with E-state index in [1.807, 2.05) is 0 Å². The molecule has 1 heterocycles. The highest BCUT2D eigenvalue weighted by atomic mass is 32.2. The van der Waals surface area contributed by atoms with Crippen molar-refractivity contribution in [3.63, 3.8) is 0 Å². The largest absolute Gasteiger partial charge is 0.317 e. The number of nitrogens with one attached hydrogen (secondary N) is 2. The molecule has 1 saturated heterocycles. The van der Waals surface area contributed by atoms with Crippen LogP contribution in [0.15, 0.2) is 23.1 Å². The summed E-state index contributed by atoms with van der Waals surface area (Å²) in [6.07, 6.45) is 2.50. The molecule has 0 aromatic heterocycles. The van der Waals surface area contributed by atoms with Crippen molar-refractivity contribution >= 4 is 10.0 Å². The van der Waals surface area contributed by atoms with E-state index < -0.39 is 15.8 Å². The zero-order chi connectivity index (χ0) is 13.9. The monoisotopic (exact) mass is 286 g/mol. The Kier molecular flexibility index (Phi) is 4.54. The van der Waals surface area contributed by atoms with Gasteiger partial charge < -0.3 is 5.32 Å². The fourth-order valence-electron chi connectivity index (χ4n) is 2.28. The van der Waals surface area contributed by atoms with Gasteiger partial charge in [0.1, 0.15) is 5.82 Å². The Hall–Kier alpha value is -0.980. The third-order valence-corrected chi connectivity index (χ3v) is 5.00. The summed E-state index contributed by atoms with van der Waals surface area (Å²) in [5.74, 6) is -0.534. The van der Waals surface area contributed by atoms with Gasteiger partial charge in [-0.1, -0.05) is 6.07 Å². The first-order chi connectivity index (χ1) is 8.99. The number of hydrogen-bond acceptors (Lipinski definition) is 3. The molecule has 0 saturated carbocycles. The zero-order valence-corrected chi connectivity index (χ0v) is 11.8. The quantitative estimate of drug-likeness (QED) is 0.886. The first kappa shape index (κ1) is 14.4. The summed E-state index contributed by atoms with van der Waals surface area (Å²) in [5, 5.41) is 3.23. The molecule has 2 N–H and O–H groups in total. The molecule has 1 aliphatic rings. The van der Waals surface area contributed by atoms with Crippen molar-refractivity contribution in [2.24, 2.45) is 0 Å². The second kappa shape index (κ2) is 5.98. The fraction of sp³-hybridized carbons (Fsp3) is 0.538. The van der Waals surface area contributed by atoms with Crippen LogP contribution in [0.1, 0.15) is 24.8 Å². The Morgan fingerprint density at radius 3 is 2.89 bits per heavy atom. The minimum Gasteiger partial charge on any atom is -0.317 e. The van der Waals surface area contributed by atoms with Gasteiger partial charge in [0.15, 0.2) is 0 Å². The average molecular weight is 286 g/mol. The molecule has 1 aromatic carbocycles. The summed E-state index contributed by atoms with van der Waals surface area (Å²) < 4.78 is 40.5. The van der Waals surface area contributed by atoms with Gasteiger partial charge >= 0.3 is 0 Å². The van der Waals surface area contributed by atoms with Crippen molar-refractivity contribution in [3.05, 3.63) is 29.6 Å². The fourth-order valence-corrected chi connectivity index (χ4v) is 3.84. The van der Waals surface area contributed by atoms with Crippen LogP contribution in [0.2, 0.25) is 0 Å². The van der Waals surface area contributed by atoms with Gasteiger partial charge in [0.05, 0.1) is 4.90 Å². The third-order valence-electron chi connectivity index (χ3n) is 3.34. The van der Waals surface area contributed by atoms with Crippen LogP contribution in [-0.4, -0.2) is 27.5 Å². The average Bonchev–Trinajstić information content (AvgIpc) is 2.60. The maximum Gasteiger partial charge on any atom is 0.241 e. The molecule has 106 valence electrons. The van der Waals surface area contributed by atoms with Crippen LogP contribution in [0.25, 0.3) is 0 Å². The Bertz CT molecular complexity index is 538. The highest BCUT2D eigenvalue weighted by molar-refractivity contribution is 7.89. The Morgan fingerprint density at radius 2 is 2.11 bits per heavy atom. The van der Waals surface area contributed by atoms with Gasteiger partial charge in [-0.15, -0.1) is 0 Å². The van der Waals surface area contributed by atoms with Crippen LogP contribution in [-0.2, 0) is 10.0 Å². The minimum atomic E-state index is -3.65. The molecule has 0 amide bonds. The molecule has 0 bridgehead atoms. The van der Waals surface area contributed by atoms with Crippen LogP contribution in [0.4, 0.5) is 4.39 Å². The summed E-state index contributed by atoms with van der Waals surface area (Å²) >= 11 is 0. The Labute approximate surface area is 113 Å². The van der Waals surface area contributed by atoms with Crippen LogP contribution < -0.4 is 10.0 Å². The summed E-state index contributed by atoms with van der Waals surface area (Å²) in [4.78, 5) is 0.0321. The van der Waals surface area contributed by atoms with Crippen molar-refractivity contribution in [1.82, 2.24) is 10.0 Å². The summed E-state index contributed by atoms with van der Waals surface area (Å²) in [5.41, 5.74) is 0.556. The van der Waals surface area contributed by atoms with E-state index in [9.17, 15) is 12.8 Å². The lowest BCUT2D eigenvalue weighted by Gasteiger charge is -2.17. The summed E-state index contributed by atoms with van der Waals surface area (Å²) in [7, 11) is -3.65. The third kappa shape index (κ3) is 3.75. The summed E-state index contributed by atoms with van der Waals surface area (Å²) in [6, 6.07) is 3.75. The molecule has 0 aliphatic carbocycles. The lowest BCUT2D eigenvalue weighted by Crippen LogP contribution is -2.35. The van der Waals surface area contributed by atoms with Crippen molar-refractivity contribution < 1.29 is 12.8 Å². The molecule has 19 heavy (non-hydrogen) atoms. The van der Waals surface area contributed by atoms with E-state index in [0.29, 0.717) is 5.56 Å². The normalized spacial score (nSPS) is 21.1. The van der Waals surface area contributed by atoms with E-state index in [1.54, 1.807) is 6.92 Å². The lowest BCUT2D eigenvalue weighted by molar-refractivity contribution is 0.516. The second-order valence-corrected chi connectivity index (χ2v) is 6.59. The van der Waals surface area contributed by atoms with Gasteiger partial charge in [-0.05, 0) is 57.0 Å². The van der Waals surface area contributed by atoms with E-state index in [2.05, 4.69) is 10.0 Å². The van der Waals surface area contributed by atoms with E-state index in [4.69, 9.17) is 0 Å². The van der Waals surface area contributed by atoms with Gasteiger partial charge in [0.25, 0.3) is 0 Å². The van der Waals surface area contributed by atoms with Crippen LogP contribution in [0.3, 0.4) is 0 Å². The number of hydrogen-bond donors (Lipinski definition) is 2. The van der Waals surface area contributed by atoms with Gasteiger partial charge in [-0.3, -0.25) is 0 Å². The number of sulfonamides is 1. The molecule has 1 aromatic rings. The SMILES string of the molecule is Cc1ccc(F)cc1S(=O)(=O)NC1CCCNCC1. The zero-order valence-electron chi connectivity index (χ0n) is 10.9. The van der Waals surface area contributed by atoms with Crippen LogP contribution >= 0.6 is 0 Å². The number of rotatable bonds is 3. The van der Waals surface area contributed by atoms with Crippen molar-refractivity contribution in [2.75, 3.05) is 13.1 Å². The Morgan fingerprint density at radius 1 is 1.32 bits per heavy atom. The second-order valence-electron chi connectivity index (χ2n) is 4.91. The first-order valence-corrected chi connectivity index (χ1v) is 7.96. The molecule has 1 unspecified atom stereocenters. The maximum atomic E-state index is 13.2. The van der Waals surface area contributed by atoms with Gasteiger partial charge in [-0.25, -0.2) is 17.5 Å². The van der Waals surface area contributed by atoms with Crippen LogP contribution in [0.5, 0.6) is 0 Å². The molecule has 4 nitrogen and oxygen atoms in total. The lowest BCUT2D eigenvalue weighted by atomic mass is 10.1. The van der Waals surface area contributed by atoms with Gasteiger partial charge in [0, 0.05) is 6.04 Å². The molecular weight excluding hydrogens is 267 g/mol. The molecule has 1 atom stereocenters. The first-order valence-electron chi connectivity index (χ1n) is 6.48. The highest BCUT2D eigenvalue weighted by Crippen LogP contribution is 2.18. The molecule has 0 spiro atoms. The maximum absolute atomic E-state index is 13.2. The molecule has 0 radical (unpaired) electrons. The van der Waals surface area contributed by atoms with E-state index in [1.165, 1.54) is 12.1 Å². The molecule has 2 rings (SSSR count). The smallest absolute Gasteiger partial charge is 0.241 e. The summed E-state index contributed by atoms with van der Waals surface area (Å²) in [6.45, 7) is 3.38. The number of benzene rings is 1. The predicted octanol–water partition coefficient (Wildman–Crippen LogP) is 1.55. The molecule has 1 fully saturated rings. The van der Waals surface area contributed by atoms with E-state index in [0.717, 1.165) is 38.4 Å². The molecular formula is C13H19FN2O2S. The standard InChI is InChI=1S/C13H19FN2O2S/c1-10-4-5-11(14)9-13(10)19(17,18)16-12-3-2-7-15-8-6-12/h4-5,9,12,15-16H,2-3,6-8H2,1H3.